The molecule has 0 aliphatic heterocycles. The van der Waals surface area contributed by atoms with Gasteiger partial charge in [-0.2, -0.15) is 0 Å². The molecule has 0 saturated heterocycles. The fourth-order valence-electron chi connectivity index (χ4n) is 1.16. The maximum Gasteiger partial charge on any atom is 0.151 e. The van der Waals surface area contributed by atoms with Crippen LogP contribution in [0.25, 0.3) is 0 Å². The maximum atomic E-state index is 11.3. The van der Waals surface area contributed by atoms with Crippen LogP contribution in [-0.4, -0.2) is 19.4 Å². The fraction of sp³-hybridized carbons (Fsp3) is 0.300. The predicted octanol–water partition coefficient (Wildman–Crippen LogP) is 2.32. The number of Topliss-reactive ketones (excluding diaryl/α,β-unsaturated/α-hetero) is 1. The number of nitrogens with one attached hydrogen (secondary N) is 1. The molecule has 1 rings (SSSR count). The lowest BCUT2D eigenvalue weighted by Crippen LogP contribution is -2.20. The SMILES string of the molecule is CNCC(=O)Cc1cccc(Cl)c1Cl. The van der Waals surface area contributed by atoms with Crippen molar-refractivity contribution in [3.8, 4) is 0 Å². The number of ketones is 1. The zero-order valence-electron chi connectivity index (χ0n) is 7.81. The van der Waals surface area contributed by atoms with Crippen LogP contribution >= 0.6 is 23.2 Å². The molecule has 0 atom stereocenters. The Balaban J connectivity index is 2.76. The Kier molecular flexibility index (Phi) is 4.39. The highest BCUT2D eigenvalue weighted by Gasteiger charge is 2.08. The van der Waals surface area contributed by atoms with E-state index in [1.165, 1.54) is 0 Å². The second kappa shape index (κ2) is 5.35. The molecule has 0 amide bonds. The predicted molar refractivity (Wildman–Crippen MR) is 59.1 cm³/mol. The van der Waals surface area contributed by atoms with E-state index in [2.05, 4.69) is 5.32 Å². The van der Waals surface area contributed by atoms with Crippen LogP contribution < -0.4 is 5.32 Å². The van der Waals surface area contributed by atoms with Crippen LogP contribution in [0.2, 0.25) is 10.0 Å². The van der Waals surface area contributed by atoms with Gasteiger partial charge in [0.25, 0.3) is 0 Å². The second-order valence-electron chi connectivity index (χ2n) is 2.96. The molecule has 0 unspecified atom stereocenters. The van der Waals surface area contributed by atoms with Crippen molar-refractivity contribution in [3.05, 3.63) is 33.8 Å². The summed E-state index contributed by atoms with van der Waals surface area (Å²) in [6.07, 6.45) is 0.320. The molecule has 1 aromatic carbocycles. The van der Waals surface area contributed by atoms with Crippen molar-refractivity contribution >= 4 is 29.0 Å². The Bertz CT molecular complexity index is 339. The van der Waals surface area contributed by atoms with Gasteiger partial charge in [0, 0.05) is 6.42 Å². The third-order valence-corrected chi connectivity index (χ3v) is 2.65. The van der Waals surface area contributed by atoms with Crippen LogP contribution in [0.15, 0.2) is 18.2 Å². The van der Waals surface area contributed by atoms with E-state index in [9.17, 15) is 4.79 Å². The standard InChI is InChI=1S/C10H11Cl2NO/c1-13-6-8(14)5-7-3-2-4-9(11)10(7)12/h2-4,13H,5-6H2,1H3. The van der Waals surface area contributed by atoms with Gasteiger partial charge in [0.2, 0.25) is 0 Å². The zero-order valence-corrected chi connectivity index (χ0v) is 9.32. The highest BCUT2D eigenvalue weighted by atomic mass is 35.5. The average molecular weight is 232 g/mol. The minimum atomic E-state index is 0.0941. The molecule has 76 valence electrons. The summed E-state index contributed by atoms with van der Waals surface area (Å²) >= 11 is 11.7. The summed E-state index contributed by atoms with van der Waals surface area (Å²) in [6, 6.07) is 5.30. The number of hydrogen-bond acceptors (Lipinski definition) is 2. The van der Waals surface area contributed by atoms with Gasteiger partial charge >= 0.3 is 0 Å². The molecule has 1 N–H and O–H groups in total. The molecule has 0 fully saturated rings. The lowest BCUT2D eigenvalue weighted by Gasteiger charge is -2.04. The first-order chi connectivity index (χ1) is 6.65. The Morgan fingerprint density at radius 1 is 1.43 bits per heavy atom. The topological polar surface area (TPSA) is 29.1 Å². The van der Waals surface area contributed by atoms with Crippen molar-refractivity contribution < 1.29 is 4.79 Å². The van der Waals surface area contributed by atoms with Crippen LogP contribution in [-0.2, 0) is 11.2 Å². The number of hydrogen-bond donors (Lipinski definition) is 1. The first kappa shape index (κ1) is 11.5. The summed E-state index contributed by atoms with van der Waals surface area (Å²) in [5.41, 5.74) is 0.777. The first-order valence-corrected chi connectivity index (χ1v) is 5.00. The van der Waals surface area contributed by atoms with Gasteiger partial charge in [0.05, 0.1) is 16.6 Å². The van der Waals surface area contributed by atoms with Gasteiger partial charge in [-0.1, -0.05) is 35.3 Å². The van der Waals surface area contributed by atoms with Crippen molar-refractivity contribution in [1.29, 1.82) is 0 Å². The number of carbonyl (C=O) groups excluding carboxylic acids is 1. The molecule has 2 nitrogen and oxygen atoms in total. The van der Waals surface area contributed by atoms with E-state index in [-0.39, 0.29) is 5.78 Å². The quantitative estimate of drug-likeness (QED) is 0.863. The summed E-state index contributed by atoms with van der Waals surface area (Å²) in [4.78, 5) is 11.3. The Morgan fingerprint density at radius 2 is 2.14 bits per heavy atom. The number of benzene rings is 1. The molecular formula is C10H11Cl2NO. The fourth-order valence-corrected chi connectivity index (χ4v) is 1.54. The van der Waals surface area contributed by atoms with E-state index < -0.39 is 0 Å². The molecule has 14 heavy (non-hydrogen) atoms. The largest absolute Gasteiger partial charge is 0.313 e. The number of carbonyl (C=O) groups is 1. The molecule has 1 aromatic rings. The van der Waals surface area contributed by atoms with Gasteiger partial charge in [-0.25, -0.2) is 0 Å². The summed E-state index contributed by atoms with van der Waals surface area (Å²) in [7, 11) is 1.73. The first-order valence-electron chi connectivity index (χ1n) is 4.24. The zero-order chi connectivity index (χ0) is 10.6. The van der Waals surface area contributed by atoms with Gasteiger partial charge in [0.1, 0.15) is 0 Å². The summed E-state index contributed by atoms with van der Waals surface area (Å²) in [5.74, 6) is 0.0941. The van der Waals surface area contributed by atoms with Crippen molar-refractivity contribution in [2.75, 3.05) is 13.6 Å². The minimum absolute atomic E-state index is 0.0941. The van der Waals surface area contributed by atoms with Gasteiger partial charge in [-0.3, -0.25) is 4.79 Å². The average Bonchev–Trinajstić information content (AvgIpc) is 2.13. The lowest BCUT2D eigenvalue weighted by atomic mass is 10.1. The van der Waals surface area contributed by atoms with E-state index in [4.69, 9.17) is 23.2 Å². The minimum Gasteiger partial charge on any atom is -0.313 e. The Morgan fingerprint density at radius 3 is 2.79 bits per heavy atom. The van der Waals surface area contributed by atoms with E-state index >= 15 is 0 Å². The second-order valence-corrected chi connectivity index (χ2v) is 3.74. The molecule has 0 aromatic heterocycles. The lowest BCUT2D eigenvalue weighted by molar-refractivity contribution is -0.117. The number of likely N-dealkylation sites (N-methyl/N-ethyl adjacent to an activating group) is 1. The van der Waals surface area contributed by atoms with Crippen LogP contribution in [0.5, 0.6) is 0 Å². The Labute approximate surface area is 93.2 Å². The van der Waals surface area contributed by atoms with Crippen LogP contribution in [0, 0.1) is 0 Å². The van der Waals surface area contributed by atoms with Crippen LogP contribution in [0.4, 0.5) is 0 Å². The van der Waals surface area contributed by atoms with Crippen LogP contribution in [0.3, 0.4) is 0 Å². The van der Waals surface area contributed by atoms with E-state index in [0.29, 0.717) is 23.0 Å². The summed E-state index contributed by atoms with van der Waals surface area (Å²) in [6.45, 7) is 0.350. The molecule has 0 spiro atoms. The summed E-state index contributed by atoms with van der Waals surface area (Å²) < 4.78 is 0. The third-order valence-electron chi connectivity index (χ3n) is 1.79. The van der Waals surface area contributed by atoms with Gasteiger partial charge in [0.15, 0.2) is 5.78 Å². The van der Waals surface area contributed by atoms with E-state index in [0.717, 1.165) is 5.56 Å². The van der Waals surface area contributed by atoms with Crippen molar-refractivity contribution in [3.63, 3.8) is 0 Å². The monoisotopic (exact) mass is 231 g/mol. The smallest absolute Gasteiger partial charge is 0.151 e. The maximum absolute atomic E-state index is 11.3. The Hall–Kier alpha value is -0.570. The van der Waals surface area contributed by atoms with Gasteiger partial charge in [-0.05, 0) is 18.7 Å². The van der Waals surface area contributed by atoms with Crippen LogP contribution in [0.1, 0.15) is 5.56 Å². The summed E-state index contributed by atoms with van der Waals surface area (Å²) in [5, 5.41) is 3.75. The molecular weight excluding hydrogens is 221 g/mol. The molecule has 0 saturated carbocycles. The number of rotatable bonds is 4. The van der Waals surface area contributed by atoms with E-state index in [1.54, 1.807) is 19.2 Å². The van der Waals surface area contributed by atoms with Crippen molar-refractivity contribution in [2.45, 2.75) is 6.42 Å². The third kappa shape index (κ3) is 2.98. The van der Waals surface area contributed by atoms with Crippen molar-refractivity contribution in [1.82, 2.24) is 5.32 Å². The molecule has 0 aliphatic carbocycles. The molecule has 4 heteroatoms. The highest BCUT2D eigenvalue weighted by molar-refractivity contribution is 6.42. The number of halogens is 2. The molecule has 0 bridgehead atoms. The van der Waals surface area contributed by atoms with E-state index in [1.807, 2.05) is 6.07 Å². The molecule has 0 heterocycles. The molecule has 0 radical (unpaired) electrons. The van der Waals surface area contributed by atoms with Crippen molar-refractivity contribution in [2.24, 2.45) is 0 Å². The van der Waals surface area contributed by atoms with Gasteiger partial charge < -0.3 is 5.32 Å². The van der Waals surface area contributed by atoms with Gasteiger partial charge in [-0.15, -0.1) is 0 Å². The highest BCUT2D eigenvalue weighted by Crippen LogP contribution is 2.25. The normalized spacial score (nSPS) is 10.2. The molecule has 0 aliphatic rings.